The molecule has 29 heavy (non-hydrogen) atoms. The zero-order valence-corrected chi connectivity index (χ0v) is 18.0. The van der Waals surface area contributed by atoms with Crippen LogP contribution in [-0.2, 0) is 16.8 Å². The van der Waals surface area contributed by atoms with Crippen LogP contribution in [0.15, 0.2) is 18.2 Å². The second-order valence-corrected chi connectivity index (χ2v) is 8.15. The zero-order valence-electron chi connectivity index (χ0n) is 17.1. The Hall–Kier alpha value is -0.310. The molecule has 0 saturated heterocycles. The summed E-state index contributed by atoms with van der Waals surface area (Å²) < 4.78 is 31.6. The van der Waals surface area contributed by atoms with Gasteiger partial charge >= 0.3 is 40.0 Å². The first-order valence-electron chi connectivity index (χ1n) is 10.4. The molecule has 6 nitrogen and oxygen atoms in total. The minimum atomic E-state index is -4.67. The van der Waals surface area contributed by atoms with Crippen molar-refractivity contribution in [2.24, 2.45) is 0 Å². The summed E-state index contributed by atoms with van der Waals surface area (Å²) in [6.07, 6.45) is 18.4. The summed E-state index contributed by atoms with van der Waals surface area (Å²) in [5.41, 5.74) is 0.869. The van der Waals surface area contributed by atoms with Crippen molar-refractivity contribution in [3.63, 3.8) is 0 Å². The average Bonchev–Trinajstić information content (AvgIpc) is 2.60. The predicted molar refractivity (Wildman–Crippen MR) is 120 cm³/mol. The van der Waals surface area contributed by atoms with Crippen LogP contribution in [0.5, 0.6) is 11.5 Å². The molecule has 0 amide bonds. The van der Waals surface area contributed by atoms with Crippen molar-refractivity contribution in [1.82, 2.24) is 0 Å². The molecule has 0 bridgehead atoms. The van der Waals surface area contributed by atoms with Gasteiger partial charge in [-0.3, -0.25) is 9.11 Å². The van der Waals surface area contributed by atoms with Crippen LogP contribution in [0.3, 0.4) is 0 Å². The van der Waals surface area contributed by atoms with Crippen LogP contribution in [0.25, 0.3) is 0 Å². The van der Waals surface area contributed by atoms with Crippen LogP contribution < -0.4 is 0 Å². The molecule has 0 aliphatic carbocycles. The standard InChI is InChI=1S/C21H36O2.Na.H2O4S.H/c1-2-3-4-5-6-7-8-9-10-11-12-13-14-15-19-18-20(22)16-17-21(19)23;;1-5(2,3)4;/h16-18,22-23H,2-15H2,1H3;;(H2,1,2,3,4);. The van der Waals surface area contributed by atoms with E-state index in [-0.39, 0.29) is 35.3 Å². The van der Waals surface area contributed by atoms with E-state index in [2.05, 4.69) is 6.92 Å². The normalized spacial score (nSPS) is 10.7. The molecule has 0 aliphatic rings. The van der Waals surface area contributed by atoms with Crippen LogP contribution in [0.4, 0.5) is 0 Å². The molecule has 8 heteroatoms. The van der Waals surface area contributed by atoms with E-state index in [1.54, 1.807) is 12.1 Å². The molecule has 4 N–H and O–H groups in total. The average molecular weight is 443 g/mol. The molecular weight excluding hydrogens is 403 g/mol. The summed E-state index contributed by atoms with van der Waals surface area (Å²) in [7, 11) is -4.67. The summed E-state index contributed by atoms with van der Waals surface area (Å²) in [4.78, 5) is 0. The molecule has 0 aliphatic heterocycles. The summed E-state index contributed by atoms with van der Waals surface area (Å²) in [5, 5.41) is 19.1. The van der Waals surface area contributed by atoms with Gasteiger partial charge in [0.15, 0.2) is 0 Å². The second-order valence-electron chi connectivity index (χ2n) is 7.25. The summed E-state index contributed by atoms with van der Waals surface area (Å²) >= 11 is 0. The first kappa shape index (κ1) is 30.9. The topological polar surface area (TPSA) is 115 Å². The first-order chi connectivity index (χ1) is 13.2. The van der Waals surface area contributed by atoms with Gasteiger partial charge in [0, 0.05) is 0 Å². The van der Waals surface area contributed by atoms with Crippen LogP contribution in [0, 0.1) is 0 Å². The van der Waals surface area contributed by atoms with Crippen molar-refractivity contribution >= 4 is 40.0 Å². The van der Waals surface area contributed by atoms with E-state index in [1.165, 1.54) is 83.1 Å². The molecule has 0 unspecified atom stereocenters. The molecule has 0 radical (unpaired) electrons. The van der Waals surface area contributed by atoms with Gasteiger partial charge in [0.25, 0.3) is 0 Å². The molecular formula is C21H39NaO6S. The van der Waals surface area contributed by atoms with Crippen LogP contribution in [0.1, 0.15) is 96.0 Å². The fourth-order valence-corrected chi connectivity index (χ4v) is 3.11. The molecule has 1 rings (SSSR count). The fraction of sp³-hybridized carbons (Fsp3) is 0.714. The maximum atomic E-state index is 9.72. The van der Waals surface area contributed by atoms with Crippen LogP contribution in [0.2, 0.25) is 0 Å². The Balaban J connectivity index is 0. The molecule has 0 spiro atoms. The number of hydrogen-bond donors (Lipinski definition) is 4. The van der Waals surface area contributed by atoms with Gasteiger partial charge in [-0.2, -0.15) is 8.42 Å². The number of rotatable bonds is 14. The molecule has 0 fully saturated rings. The molecule has 1 aromatic carbocycles. The SMILES string of the molecule is CCCCCCCCCCCCCCCc1cc(O)ccc1O.O=S(=O)(O)O.[NaH]. The van der Waals surface area contributed by atoms with Gasteiger partial charge < -0.3 is 10.2 Å². The second kappa shape index (κ2) is 19.6. The Kier molecular flexibility index (Phi) is 20.9. The van der Waals surface area contributed by atoms with E-state index in [0.29, 0.717) is 5.75 Å². The third kappa shape index (κ3) is 23.8. The zero-order chi connectivity index (χ0) is 21.3. The van der Waals surface area contributed by atoms with Crippen LogP contribution in [-0.4, -0.2) is 57.3 Å². The van der Waals surface area contributed by atoms with Crippen molar-refractivity contribution in [1.29, 1.82) is 0 Å². The van der Waals surface area contributed by atoms with Gasteiger partial charge in [0.2, 0.25) is 0 Å². The van der Waals surface area contributed by atoms with E-state index >= 15 is 0 Å². The number of aryl methyl sites for hydroxylation is 1. The summed E-state index contributed by atoms with van der Waals surface area (Å²) in [5.74, 6) is 0.550. The van der Waals surface area contributed by atoms with Gasteiger partial charge in [-0.05, 0) is 36.6 Å². The van der Waals surface area contributed by atoms with Crippen molar-refractivity contribution in [2.45, 2.75) is 96.8 Å². The number of benzene rings is 1. The number of phenolic OH excluding ortho intramolecular Hbond substituents is 2. The Bertz CT molecular complexity index is 599. The summed E-state index contributed by atoms with van der Waals surface area (Å²) in [6.45, 7) is 2.27. The van der Waals surface area contributed by atoms with Gasteiger partial charge in [-0.15, -0.1) is 0 Å². The third-order valence-electron chi connectivity index (χ3n) is 4.61. The molecule has 0 heterocycles. The van der Waals surface area contributed by atoms with Crippen molar-refractivity contribution < 1.29 is 27.7 Å². The van der Waals surface area contributed by atoms with Gasteiger partial charge in [-0.1, -0.05) is 84.0 Å². The Morgan fingerprint density at radius 1 is 0.724 bits per heavy atom. The Morgan fingerprint density at radius 3 is 1.52 bits per heavy atom. The van der Waals surface area contributed by atoms with Gasteiger partial charge in [0.1, 0.15) is 11.5 Å². The first-order valence-corrected chi connectivity index (χ1v) is 11.8. The van der Waals surface area contributed by atoms with E-state index in [9.17, 15) is 10.2 Å². The fourth-order valence-electron chi connectivity index (χ4n) is 3.11. The van der Waals surface area contributed by atoms with Gasteiger partial charge in [0.05, 0.1) is 0 Å². The maximum absolute atomic E-state index is 9.72. The monoisotopic (exact) mass is 442 g/mol. The Morgan fingerprint density at radius 2 is 1.10 bits per heavy atom. The predicted octanol–water partition coefficient (Wildman–Crippen LogP) is 5.43. The summed E-state index contributed by atoms with van der Waals surface area (Å²) in [6, 6.07) is 4.78. The van der Waals surface area contributed by atoms with Crippen LogP contribution >= 0.6 is 0 Å². The number of phenols is 2. The van der Waals surface area contributed by atoms with Crippen molar-refractivity contribution in [3.8, 4) is 11.5 Å². The molecule has 0 aromatic heterocycles. The van der Waals surface area contributed by atoms with E-state index < -0.39 is 10.4 Å². The Labute approximate surface area is 199 Å². The number of aromatic hydroxyl groups is 2. The van der Waals surface area contributed by atoms with E-state index in [1.807, 2.05) is 0 Å². The van der Waals surface area contributed by atoms with E-state index in [4.69, 9.17) is 17.5 Å². The number of hydrogen-bond acceptors (Lipinski definition) is 4. The quantitative estimate of drug-likeness (QED) is 0.132. The van der Waals surface area contributed by atoms with Crippen molar-refractivity contribution in [3.05, 3.63) is 23.8 Å². The molecule has 0 saturated carbocycles. The van der Waals surface area contributed by atoms with Crippen molar-refractivity contribution in [2.75, 3.05) is 0 Å². The number of unbranched alkanes of at least 4 members (excludes halogenated alkanes) is 12. The molecule has 0 atom stereocenters. The van der Waals surface area contributed by atoms with E-state index in [0.717, 1.165) is 18.4 Å². The third-order valence-corrected chi connectivity index (χ3v) is 4.61. The molecule has 1 aromatic rings. The molecule has 166 valence electrons. The van der Waals surface area contributed by atoms with Gasteiger partial charge in [-0.25, -0.2) is 0 Å². The minimum absolute atomic E-state index is 0.